The molecule has 1 aliphatic carbocycles. The molecule has 3 heteroatoms. The van der Waals surface area contributed by atoms with Gasteiger partial charge in [0.2, 0.25) is 0 Å². The third-order valence-corrected chi connectivity index (χ3v) is 5.09. The van der Waals surface area contributed by atoms with Gasteiger partial charge in [-0.05, 0) is 64.7 Å². The highest BCUT2D eigenvalue weighted by atomic mass is 16.3. The van der Waals surface area contributed by atoms with Gasteiger partial charge in [-0.1, -0.05) is 36.4 Å². The number of hydrogen-bond acceptors (Lipinski definition) is 3. The van der Waals surface area contributed by atoms with Crippen molar-refractivity contribution in [2.45, 2.75) is 6.42 Å². The van der Waals surface area contributed by atoms with Crippen molar-refractivity contribution < 1.29 is 10.2 Å². The molecule has 0 bridgehead atoms. The second-order valence-corrected chi connectivity index (χ2v) is 6.81. The molecule has 3 nitrogen and oxygen atoms in total. The summed E-state index contributed by atoms with van der Waals surface area (Å²) in [6.07, 6.45) is 0.804. The molecular formula is C24H17NO2. The largest absolute Gasteiger partial charge is 0.508 e. The lowest BCUT2D eigenvalue weighted by molar-refractivity contribution is 0.475. The number of phenolic OH excluding ortho intramolecular Hbond substituents is 2. The van der Waals surface area contributed by atoms with Crippen LogP contribution in [0.5, 0.6) is 11.5 Å². The van der Waals surface area contributed by atoms with Gasteiger partial charge < -0.3 is 10.2 Å². The van der Waals surface area contributed by atoms with E-state index in [-0.39, 0.29) is 11.5 Å². The molecule has 0 fully saturated rings. The zero-order valence-corrected chi connectivity index (χ0v) is 14.6. The zero-order valence-electron chi connectivity index (χ0n) is 14.6. The molecule has 0 spiro atoms. The average Bonchev–Trinajstić information content (AvgIpc) is 3.06. The van der Waals surface area contributed by atoms with E-state index in [0.717, 1.165) is 40.1 Å². The number of aromatic hydroxyl groups is 2. The molecular weight excluding hydrogens is 334 g/mol. The van der Waals surface area contributed by atoms with Crippen molar-refractivity contribution in [3.8, 4) is 45.1 Å². The zero-order chi connectivity index (χ0) is 18.4. The minimum absolute atomic E-state index is 0.235. The number of aromatic nitrogens is 1. The number of rotatable bonds is 2. The van der Waals surface area contributed by atoms with Crippen LogP contribution in [0.3, 0.4) is 0 Å². The lowest BCUT2D eigenvalue weighted by atomic mass is 9.96. The maximum Gasteiger partial charge on any atom is 0.116 e. The molecule has 2 N–H and O–H groups in total. The van der Waals surface area contributed by atoms with E-state index in [4.69, 9.17) is 4.98 Å². The molecule has 5 rings (SSSR count). The van der Waals surface area contributed by atoms with E-state index < -0.39 is 0 Å². The lowest BCUT2D eigenvalue weighted by Crippen LogP contribution is -1.94. The van der Waals surface area contributed by atoms with Crippen molar-refractivity contribution in [3.05, 3.63) is 90.0 Å². The van der Waals surface area contributed by atoms with Crippen LogP contribution in [-0.4, -0.2) is 15.2 Å². The summed E-state index contributed by atoms with van der Waals surface area (Å²) in [5, 5.41) is 19.6. The Morgan fingerprint density at radius 3 is 2.19 bits per heavy atom. The molecule has 0 aliphatic heterocycles. The van der Waals surface area contributed by atoms with Crippen molar-refractivity contribution in [3.63, 3.8) is 0 Å². The first-order valence-electron chi connectivity index (χ1n) is 8.90. The molecule has 130 valence electrons. The fourth-order valence-electron chi connectivity index (χ4n) is 3.76. The van der Waals surface area contributed by atoms with Gasteiger partial charge in [-0.25, -0.2) is 4.98 Å². The van der Waals surface area contributed by atoms with E-state index in [1.165, 1.54) is 11.1 Å². The number of phenols is 2. The number of benzene rings is 3. The molecule has 1 aliphatic rings. The van der Waals surface area contributed by atoms with Crippen molar-refractivity contribution in [2.75, 3.05) is 0 Å². The van der Waals surface area contributed by atoms with E-state index in [1.54, 1.807) is 24.3 Å². The summed E-state index contributed by atoms with van der Waals surface area (Å²) >= 11 is 0. The van der Waals surface area contributed by atoms with Crippen molar-refractivity contribution in [2.24, 2.45) is 0 Å². The Labute approximate surface area is 157 Å². The second-order valence-electron chi connectivity index (χ2n) is 6.81. The van der Waals surface area contributed by atoms with Crippen molar-refractivity contribution in [1.82, 2.24) is 4.98 Å². The van der Waals surface area contributed by atoms with E-state index >= 15 is 0 Å². The maximum atomic E-state index is 9.97. The lowest BCUT2D eigenvalue weighted by Gasteiger charge is -2.12. The summed E-state index contributed by atoms with van der Waals surface area (Å²) in [6, 6.07) is 25.0. The molecule has 4 aromatic rings. The number of hydrogen-bond donors (Lipinski definition) is 2. The average molecular weight is 351 g/mol. The molecule has 0 saturated heterocycles. The Morgan fingerprint density at radius 2 is 1.41 bits per heavy atom. The topological polar surface area (TPSA) is 53.4 Å². The van der Waals surface area contributed by atoms with Crippen molar-refractivity contribution >= 4 is 0 Å². The number of nitrogens with zero attached hydrogens (tertiary/aromatic N) is 1. The standard InChI is InChI=1S/C24H17NO2/c26-18-9-6-16(7-10-18)23-14-20(15-4-2-1-3-5-15)22-12-17-8-11-19(27)13-21(17)24(22)25-23/h1-11,13-14,26-27H,12H2. The molecule has 1 aromatic heterocycles. The molecule has 0 saturated carbocycles. The monoisotopic (exact) mass is 351 g/mol. The predicted molar refractivity (Wildman–Crippen MR) is 107 cm³/mol. The van der Waals surface area contributed by atoms with E-state index in [9.17, 15) is 10.2 Å². The van der Waals surface area contributed by atoms with Gasteiger partial charge >= 0.3 is 0 Å². The van der Waals surface area contributed by atoms with E-state index in [2.05, 4.69) is 18.2 Å². The third kappa shape index (κ3) is 2.64. The first-order chi connectivity index (χ1) is 13.2. The highest BCUT2D eigenvalue weighted by molar-refractivity contribution is 5.86. The van der Waals surface area contributed by atoms with E-state index in [0.29, 0.717) is 0 Å². The molecule has 27 heavy (non-hydrogen) atoms. The highest BCUT2D eigenvalue weighted by Crippen LogP contribution is 2.43. The van der Waals surface area contributed by atoms with Crippen LogP contribution >= 0.6 is 0 Å². The Kier molecular flexibility index (Phi) is 3.47. The summed E-state index contributed by atoms with van der Waals surface area (Å²) in [4.78, 5) is 4.93. The smallest absolute Gasteiger partial charge is 0.116 e. The van der Waals surface area contributed by atoms with Crippen LogP contribution in [0.2, 0.25) is 0 Å². The summed E-state index contributed by atoms with van der Waals surface area (Å²) in [5.41, 5.74) is 8.37. The van der Waals surface area contributed by atoms with Gasteiger partial charge in [-0.2, -0.15) is 0 Å². The Hall–Kier alpha value is -3.59. The van der Waals surface area contributed by atoms with Crippen molar-refractivity contribution in [1.29, 1.82) is 0 Å². The normalized spacial score (nSPS) is 11.9. The van der Waals surface area contributed by atoms with Crippen LogP contribution in [0.1, 0.15) is 11.1 Å². The van der Waals surface area contributed by atoms with Crippen LogP contribution in [0.15, 0.2) is 78.9 Å². The SMILES string of the molecule is Oc1ccc(-c2cc(-c3ccccc3)c3c(n2)-c2cc(O)ccc2C3)cc1. The number of fused-ring (bicyclic) bond motifs is 3. The summed E-state index contributed by atoms with van der Waals surface area (Å²) < 4.78 is 0. The highest BCUT2D eigenvalue weighted by Gasteiger charge is 2.25. The predicted octanol–water partition coefficient (Wildman–Crippen LogP) is 5.40. The van der Waals surface area contributed by atoms with Crippen LogP contribution < -0.4 is 0 Å². The molecule has 0 unspecified atom stereocenters. The minimum Gasteiger partial charge on any atom is -0.508 e. The Morgan fingerprint density at radius 1 is 0.667 bits per heavy atom. The second kappa shape index (κ2) is 5.99. The van der Waals surface area contributed by atoms with Gasteiger partial charge in [0, 0.05) is 17.5 Å². The van der Waals surface area contributed by atoms with Crippen LogP contribution in [0.25, 0.3) is 33.6 Å². The molecule has 3 aromatic carbocycles. The number of pyridine rings is 1. The third-order valence-electron chi connectivity index (χ3n) is 5.09. The fourth-order valence-corrected chi connectivity index (χ4v) is 3.76. The van der Waals surface area contributed by atoms with Gasteiger partial charge in [0.25, 0.3) is 0 Å². The molecule has 1 heterocycles. The van der Waals surface area contributed by atoms with Gasteiger partial charge in [-0.15, -0.1) is 0 Å². The summed E-state index contributed by atoms with van der Waals surface area (Å²) in [6.45, 7) is 0. The van der Waals surface area contributed by atoms with Gasteiger partial charge in [0.1, 0.15) is 11.5 Å². The maximum absolute atomic E-state index is 9.97. The molecule has 0 amide bonds. The van der Waals surface area contributed by atoms with Gasteiger partial charge in [-0.3, -0.25) is 0 Å². The van der Waals surface area contributed by atoms with Gasteiger partial charge in [0.15, 0.2) is 0 Å². The minimum atomic E-state index is 0.235. The van der Waals surface area contributed by atoms with Crippen LogP contribution in [-0.2, 0) is 6.42 Å². The molecule has 0 radical (unpaired) electrons. The quantitative estimate of drug-likeness (QED) is 0.448. The van der Waals surface area contributed by atoms with E-state index in [1.807, 2.05) is 36.4 Å². The van der Waals surface area contributed by atoms with Crippen LogP contribution in [0.4, 0.5) is 0 Å². The first kappa shape index (κ1) is 15.6. The first-order valence-corrected chi connectivity index (χ1v) is 8.90. The Bertz CT molecular complexity index is 1150. The molecule has 0 atom stereocenters. The van der Waals surface area contributed by atoms with Gasteiger partial charge in [0.05, 0.1) is 11.4 Å². The van der Waals surface area contributed by atoms with Crippen LogP contribution in [0, 0.1) is 0 Å². The summed E-state index contributed by atoms with van der Waals surface area (Å²) in [5.74, 6) is 0.484. The summed E-state index contributed by atoms with van der Waals surface area (Å²) in [7, 11) is 0. The Balaban J connectivity index is 1.78. The fraction of sp³-hybridized carbons (Fsp3) is 0.0417.